The maximum atomic E-state index is 3.03. The van der Waals surface area contributed by atoms with E-state index in [1.54, 1.807) is 0 Å². The summed E-state index contributed by atoms with van der Waals surface area (Å²) < 4.78 is 2.27. The third-order valence-electron chi connectivity index (χ3n) is 3.48. The molecule has 4 rings (SSSR count). The van der Waals surface area contributed by atoms with Crippen LogP contribution >= 0.6 is 0 Å². The quantitative estimate of drug-likeness (QED) is 0.466. The molecule has 1 aromatic heterocycles. The molecule has 0 atom stereocenters. The van der Waals surface area contributed by atoms with Crippen LogP contribution in [0.3, 0.4) is 0 Å². The Kier molecular flexibility index (Phi) is 2.10. The molecule has 1 heterocycles. The average Bonchev–Trinajstić information content (AvgIpc) is 2.83. The molecule has 3 aromatic carbocycles. The van der Waals surface area contributed by atoms with Crippen LogP contribution in [0.15, 0.2) is 66.7 Å². The summed E-state index contributed by atoms with van der Waals surface area (Å²) in [5.41, 5.74) is 3.57. The number of rotatable bonds is 1. The first-order chi connectivity index (χ1) is 9.45. The lowest BCUT2D eigenvalue weighted by Gasteiger charge is -2.05. The SMILES string of the molecule is c1ccc(-n2c3ccccc3c3ccccc32)cc#1. The van der Waals surface area contributed by atoms with E-state index in [4.69, 9.17) is 0 Å². The van der Waals surface area contributed by atoms with Crippen LogP contribution in [0, 0.1) is 12.1 Å². The molecule has 1 nitrogen and oxygen atoms in total. The summed E-state index contributed by atoms with van der Waals surface area (Å²) in [5, 5.41) is 2.57. The molecule has 0 fully saturated rings. The van der Waals surface area contributed by atoms with E-state index in [0.717, 1.165) is 5.69 Å². The van der Waals surface area contributed by atoms with Crippen LogP contribution in [-0.4, -0.2) is 4.57 Å². The first kappa shape index (κ1) is 10.2. The first-order valence-electron chi connectivity index (χ1n) is 6.31. The van der Waals surface area contributed by atoms with Gasteiger partial charge in [0.25, 0.3) is 0 Å². The van der Waals surface area contributed by atoms with Crippen LogP contribution in [0.1, 0.15) is 0 Å². The van der Waals surface area contributed by atoms with Crippen LogP contribution in [0.2, 0.25) is 0 Å². The molecular formula is C18H11N. The van der Waals surface area contributed by atoms with Crippen molar-refractivity contribution in [3.8, 4) is 5.69 Å². The van der Waals surface area contributed by atoms with Gasteiger partial charge in [-0.25, -0.2) is 0 Å². The highest BCUT2D eigenvalue weighted by atomic mass is 15.0. The van der Waals surface area contributed by atoms with Gasteiger partial charge >= 0.3 is 0 Å². The Morgan fingerprint density at radius 3 is 1.89 bits per heavy atom. The van der Waals surface area contributed by atoms with E-state index in [1.807, 2.05) is 12.1 Å². The van der Waals surface area contributed by atoms with Gasteiger partial charge in [0.2, 0.25) is 0 Å². The number of hydrogen-bond donors (Lipinski definition) is 0. The Hall–Kier alpha value is -2.72. The Morgan fingerprint density at radius 2 is 1.32 bits per heavy atom. The van der Waals surface area contributed by atoms with Gasteiger partial charge in [-0.3, -0.25) is 0 Å². The van der Waals surface area contributed by atoms with Crippen molar-refractivity contribution in [1.29, 1.82) is 0 Å². The molecule has 0 unspecified atom stereocenters. The molecule has 88 valence electrons. The summed E-state index contributed by atoms with van der Waals surface area (Å²) >= 11 is 0. The Morgan fingerprint density at radius 1 is 0.684 bits per heavy atom. The van der Waals surface area contributed by atoms with Gasteiger partial charge in [0.1, 0.15) is 0 Å². The molecule has 1 heteroatoms. The fourth-order valence-electron chi connectivity index (χ4n) is 2.68. The highest BCUT2D eigenvalue weighted by molar-refractivity contribution is 6.09. The average molecular weight is 241 g/mol. The van der Waals surface area contributed by atoms with Crippen molar-refractivity contribution in [3.05, 3.63) is 78.9 Å². The summed E-state index contributed by atoms with van der Waals surface area (Å²) in [5.74, 6) is 0. The number of para-hydroxylation sites is 2. The topological polar surface area (TPSA) is 4.93 Å². The molecule has 0 saturated carbocycles. The highest BCUT2D eigenvalue weighted by Crippen LogP contribution is 2.31. The van der Waals surface area contributed by atoms with Crippen molar-refractivity contribution in [2.24, 2.45) is 0 Å². The van der Waals surface area contributed by atoms with E-state index >= 15 is 0 Å². The van der Waals surface area contributed by atoms with E-state index in [-0.39, 0.29) is 0 Å². The van der Waals surface area contributed by atoms with Crippen LogP contribution < -0.4 is 0 Å². The van der Waals surface area contributed by atoms with E-state index < -0.39 is 0 Å². The minimum atomic E-state index is 1.12. The third kappa shape index (κ3) is 1.44. The lowest BCUT2D eigenvalue weighted by atomic mass is 10.2. The molecule has 19 heavy (non-hydrogen) atoms. The molecule has 0 aliphatic heterocycles. The fraction of sp³-hybridized carbons (Fsp3) is 0. The molecule has 0 bridgehead atoms. The van der Waals surface area contributed by atoms with Crippen molar-refractivity contribution >= 4 is 21.8 Å². The van der Waals surface area contributed by atoms with Gasteiger partial charge in [-0.1, -0.05) is 48.5 Å². The maximum Gasteiger partial charge on any atom is 0.0552 e. The Labute approximate surface area is 111 Å². The Bertz CT molecular complexity index is 803. The highest BCUT2D eigenvalue weighted by Gasteiger charge is 2.10. The van der Waals surface area contributed by atoms with Crippen LogP contribution in [0.5, 0.6) is 0 Å². The van der Waals surface area contributed by atoms with E-state index in [0.29, 0.717) is 0 Å². The number of benzene rings is 2. The second kappa shape index (κ2) is 3.90. The predicted octanol–water partition coefficient (Wildman–Crippen LogP) is 4.38. The van der Waals surface area contributed by atoms with Crippen molar-refractivity contribution < 1.29 is 0 Å². The maximum absolute atomic E-state index is 3.03. The first-order valence-corrected chi connectivity index (χ1v) is 6.31. The van der Waals surface area contributed by atoms with Gasteiger partial charge < -0.3 is 4.57 Å². The van der Waals surface area contributed by atoms with Gasteiger partial charge in [0.05, 0.1) is 16.7 Å². The van der Waals surface area contributed by atoms with E-state index in [1.165, 1.54) is 21.8 Å². The normalized spacial score (nSPS) is 10.7. The number of hydrogen-bond acceptors (Lipinski definition) is 0. The lowest BCUT2D eigenvalue weighted by Crippen LogP contribution is -1.92. The summed E-state index contributed by atoms with van der Waals surface area (Å²) in [6.45, 7) is 0. The van der Waals surface area contributed by atoms with Gasteiger partial charge in [-0.15, -0.1) is 0 Å². The summed E-state index contributed by atoms with van der Waals surface area (Å²) in [6.07, 6.45) is 0. The van der Waals surface area contributed by atoms with Gasteiger partial charge in [0, 0.05) is 16.8 Å². The van der Waals surface area contributed by atoms with Crippen molar-refractivity contribution in [2.75, 3.05) is 0 Å². The molecule has 0 aliphatic carbocycles. The summed E-state index contributed by atoms with van der Waals surface area (Å²) in [6, 6.07) is 28.9. The minimum Gasteiger partial charge on any atom is -0.309 e. The van der Waals surface area contributed by atoms with Gasteiger partial charge in [-0.2, -0.15) is 0 Å². The van der Waals surface area contributed by atoms with E-state index in [9.17, 15) is 0 Å². The zero-order valence-corrected chi connectivity index (χ0v) is 10.3. The molecule has 0 amide bonds. The Balaban J connectivity index is 2.24. The molecular weight excluding hydrogens is 230 g/mol. The van der Waals surface area contributed by atoms with Gasteiger partial charge in [0.15, 0.2) is 0 Å². The lowest BCUT2D eigenvalue weighted by molar-refractivity contribution is 1.18. The number of fused-ring (bicyclic) bond motifs is 3. The van der Waals surface area contributed by atoms with Crippen LogP contribution in [-0.2, 0) is 0 Å². The third-order valence-corrected chi connectivity index (χ3v) is 3.48. The number of aromatic nitrogens is 1. The van der Waals surface area contributed by atoms with E-state index in [2.05, 4.69) is 71.3 Å². The second-order valence-electron chi connectivity index (χ2n) is 4.56. The van der Waals surface area contributed by atoms with Crippen molar-refractivity contribution in [1.82, 2.24) is 4.57 Å². The second-order valence-corrected chi connectivity index (χ2v) is 4.56. The largest absolute Gasteiger partial charge is 0.309 e. The minimum absolute atomic E-state index is 1.12. The molecule has 0 spiro atoms. The molecule has 0 saturated heterocycles. The van der Waals surface area contributed by atoms with Crippen molar-refractivity contribution in [3.63, 3.8) is 0 Å². The standard InChI is InChI=1S/C18H11N/c1-2-8-14(9-3-1)19-17-12-6-4-10-15(17)16-11-5-7-13-18(16)19/h2,4-13H. The van der Waals surface area contributed by atoms with Crippen molar-refractivity contribution in [2.45, 2.75) is 0 Å². The summed E-state index contributed by atoms with van der Waals surface area (Å²) in [4.78, 5) is 0. The monoisotopic (exact) mass is 241 g/mol. The molecule has 0 aliphatic rings. The number of nitrogens with zero attached hydrogens (tertiary/aromatic N) is 1. The zero-order valence-electron chi connectivity index (χ0n) is 10.3. The predicted molar refractivity (Wildman–Crippen MR) is 78.5 cm³/mol. The van der Waals surface area contributed by atoms with Gasteiger partial charge in [-0.05, 0) is 24.3 Å². The summed E-state index contributed by atoms with van der Waals surface area (Å²) in [7, 11) is 0. The smallest absolute Gasteiger partial charge is 0.0552 e. The molecule has 0 radical (unpaired) electrons. The fourth-order valence-corrected chi connectivity index (χ4v) is 2.68. The molecule has 4 aromatic rings. The zero-order chi connectivity index (χ0) is 12.7. The van der Waals surface area contributed by atoms with Crippen LogP contribution in [0.25, 0.3) is 27.5 Å². The molecule has 0 N–H and O–H groups in total. The van der Waals surface area contributed by atoms with Crippen LogP contribution in [0.4, 0.5) is 0 Å².